The van der Waals surface area contributed by atoms with Crippen LogP contribution in [0, 0.1) is 5.92 Å². The van der Waals surface area contributed by atoms with Crippen LogP contribution in [0.4, 0.5) is 0 Å². The van der Waals surface area contributed by atoms with Crippen LogP contribution in [0.15, 0.2) is 12.2 Å². The number of hydrogen-bond donors (Lipinski definition) is 0. The van der Waals surface area contributed by atoms with Gasteiger partial charge in [-0.3, -0.25) is 0 Å². The van der Waals surface area contributed by atoms with Gasteiger partial charge in [-0.05, 0) is 18.8 Å². The monoisotopic (exact) mass is 112 g/mol. The third-order valence-electron chi connectivity index (χ3n) is 1.01. The van der Waals surface area contributed by atoms with Crippen LogP contribution in [0.2, 0.25) is 0 Å². The Balaban J connectivity index is 3.03. The van der Waals surface area contributed by atoms with E-state index < -0.39 is 0 Å². The molecule has 0 fully saturated rings. The first-order chi connectivity index (χ1) is 3.77. The molecule has 0 bridgehead atoms. The Morgan fingerprint density at radius 3 is 2.25 bits per heavy atom. The summed E-state index contributed by atoms with van der Waals surface area (Å²) in [6, 6.07) is 0. The lowest BCUT2D eigenvalue weighted by Gasteiger charge is -1.94. The summed E-state index contributed by atoms with van der Waals surface area (Å²) in [6.45, 7) is 6.64. The van der Waals surface area contributed by atoms with E-state index in [1.54, 1.807) is 0 Å². The van der Waals surface area contributed by atoms with Crippen molar-refractivity contribution in [3.05, 3.63) is 12.2 Å². The van der Waals surface area contributed by atoms with Crippen molar-refractivity contribution >= 4 is 0 Å². The summed E-state index contributed by atoms with van der Waals surface area (Å²) in [5.41, 5.74) is 0. The van der Waals surface area contributed by atoms with E-state index in [0.717, 1.165) is 5.92 Å². The summed E-state index contributed by atoms with van der Waals surface area (Å²) >= 11 is 0. The molecule has 0 heteroatoms. The molecule has 0 nitrogen and oxygen atoms in total. The molecule has 0 saturated carbocycles. The van der Waals surface area contributed by atoms with Crippen molar-refractivity contribution in [2.75, 3.05) is 0 Å². The molecule has 0 aliphatic rings. The molecule has 0 heterocycles. The molecule has 0 aliphatic carbocycles. The largest absolute Gasteiger partial charge is 0.0888 e. The average Bonchev–Trinajstić information content (AvgIpc) is 1.66. The van der Waals surface area contributed by atoms with Gasteiger partial charge in [0.1, 0.15) is 0 Å². The van der Waals surface area contributed by atoms with Crippen molar-refractivity contribution < 1.29 is 0 Å². The number of allylic oxidation sites excluding steroid dienone is 2. The van der Waals surface area contributed by atoms with Gasteiger partial charge in [-0.25, -0.2) is 0 Å². The van der Waals surface area contributed by atoms with Crippen LogP contribution in [-0.2, 0) is 0 Å². The van der Waals surface area contributed by atoms with E-state index in [9.17, 15) is 0 Å². The van der Waals surface area contributed by atoms with Crippen LogP contribution < -0.4 is 0 Å². The Labute approximate surface area is 52.6 Å². The van der Waals surface area contributed by atoms with Crippen molar-refractivity contribution in [1.82, 2.24) is 0 Å². The predicted molar refractivity (Wildman–Crippen MR) is 38.9 cm³/mol. The van der Waals surface area contributed by atoms with E-state index in [-0.39, 0.29) is 0 Å². The highest BCUT2D eigenvalue weighted by Gasteiger charge is 1.84. The van der Waals surface area contributed by atoms with E-state index in [1.165, 1.54) is 12.8 Å². The molecule has 0 aromatic rings. The standard InChI is InChI=1S/C8H16/c1-4-5-6-7-8(2)3/h5-6,8H,4,7H2,1-3H3. The first kappa shape index (κ1) is 7.74. The summed E-state index contributed by atoms with van der Waals surface area (Å²) in [6.07, 6.45) is 6.88. The van der Waals surface area contributed by atoms with Crippen molar-refractivity contribution in [2.24, 2.45) is 5.92 Å². The van der Waals surface area contributed by atoms with E-state index >= 15 is 0 Å². The lowest BCUT2D eigenvalue weighted by atomic mass is 10.1. The molecule has 0 N–H and O–H groups in total. The van der Waals surface area contributed by atoms with Crippen LogP contribution in [0.1, 0.15) is 33.6 Å². The maximum atomic E-state index is 2.25. The molecular formula is C8H16. The Hall–Kier alpha value is -0.260. The fraction of sp³-hybridized carbons (Fsp3) is 0.750. The molecule has 0 rings (SSSR count). The first-order valence-corrected chi connectivity index (χ1v) is 3.42. The van der Waals surface area contributed by atoms with Crippen molar-refractivity contribution in [3.8, 4) is 0 Å². The van der Waals surface area contributed by atoms with Crippen molar-refractivity contribution in [2.45, 2.75) is 33.6 Å². The maximum absolute atomic E-state index is 2.25. The second-order valence-electron chi connectivity index (χ2n) is 2.51. The Morgan fingerprint density at radius 2 is 1.88 bits per heavy atom. The molecule has 8 heavy (non-hydrogen) atoms. The minimum absolute atomic E-state index is 0.817. The zero-order valence-electron chi connectivity index (χ0n) is 6.15. The van der Waals surface area contributed by atoms with Crippen LogP contribution in [0.25, 0.3) is 0 Å². The van der Waals surface area contributed by atoms with Crippen LogP contribution >= 0.6 is 0 Å². The van der Waals surface area contributed by atoms with Crippen LogP contribution in [0.5, 0.6) is 0 Å². The SMILES string of the molecule is CCC=CCC(C)C. The van der Waals surface area contributed by atoms with E-state index in [0.29, 0.717) is 0 Å². The molecule has 0 aromatic heterocycles. The molecule has 48 valence electrons. The van der Waals surface area contributed by atoms with E-state index in [4.69, 9.17) is 0 Å². The molecule has 0 aromatic carbocycles. The second kappa shape index (κ2) is 4.89. The minimum Gasteiger partial charge on any atom is -0.0888 e. The molecule has 0 amide bonds. The zero-order chi connectivity index (χ0) is 6.41. The first-order valence-electron chi connectivity index (χ1n) is 3.42. The average molecular weight is 112 g/mol. The molecule has 0 atom stereocenters. The van der Waals surface area contributed by atoms with Gasteiger partial charge in [0.05, 0.1) is 0 Å². The summed E-state index contributed by atoms with van der Waals surface area (Å²) in [7, 11) is 0. The Bertz CT molecular complexity index is 60.4. The van der Waals surface area contributed by atoms with E-state index in [2.05, 4.69) is 32.9 Å². The molecule has 0 spiro atoms. The quantitative estimate of drug-likeness (QED) is 0.492. The fourth-order valence-corrected chi connectivity index (χ4v) is 0.535. The smallest absolute Gasteiger partial charge is 0.0327 e. The Kier molecular flexibility index (Phi) is 4.73. The van der Waals surface area contributed by atoms with Gasteiger partial charge in [-0.1, -0.05) is 32.9 Å². The molecule has 0 aliphatic heterocycles. The van der Waals surface area contributed by atoms with Crippen molar-refractivity contribution in [1.29, 1.82) is 0 Å². The van der Waals surface area contributed by atoms with Crippen LogP contribution in [0.3, 0.4) is 0 Å². The zero-order valence-corrected chi connectivity index (χ0v) is 6.15. The second-order valence-corrected chi connectivity index (χ2v) is 2.51. The normalized spacial score (nSPS) is 11.5. The molecular weight excluding hydrogens is 96.1 g/mol. The highest BCUT2D eigenvalue weighted by atomic mass is 13.9. The lowest BCUT2D eigenvalue weighted by molar-refractivity contribution is 0.662. The summed E-state index contributed by atoms with van der Waals surface area (Å²) in [4.78, 5) is 0. The van der Waals surface area contributed by atoms with Crippen LogP contribution in [-0.4, -0.2) is 0 Å². The highest BCUT2D eigenvalue weighted by molar-refractivity contribution is 4.80. The number of hydrogen-bond acceptors (Lipinski definition) is 0. The van der Waals surface area contributed by atoms with Gasteiger partial charge in [-0.15, -0.1) is 0 Å². The maximum Gasteiger partial charge on any atom is -0.0327 e. The fourth-order valence-electron chi connectivity index (χ4n) is 0.535. The third-order valence-corrected chi connectivity index (χ3v) is 1.01. The molecule has 0 unspecified atom stereocenters. The van der Waals surface area contributed by atoms with Gasteiger partial charge in [-0.2, -0.15) is 0 Å². The van der Waals surface area contributed by atoms with Gasteiger partial charge >= 0.3 is 0 Å². The molecule has 0 radical (unpaired) electrons. The summed E-state index contributed by atoms with van der Waals surface area (Å²) in [5, 5.41) is 0. The van der Waals surface area contributed by atoms with Gasteiger partial charge in [0.15, 0.2) is 0 Å². The molecule has 0 saturated heterocycles. The third kappa shape index (κ3) is 5.74. The summed E-state index contributed by atoms with van der Waals surface area (Å²) in [5.74, 6) is 0.817. The minimum atomic E-state index is 0.817. The van der Waals surface area contributed by atoms with Gasteiger partial charge in [0.2, 0.25) is 0 Å². The highest BCUT2D eigenvalue weighted by Crippen LogP contribution is 1.99. The van der Waals surface area contributed by atoms with E-state index in [1.807, 2.05) is 0 Å². The van der Waals surface area contributed by atoms with Gasteiger partial charge < -0.3 is 0 Å². The number of rotatable bonds is 3. The predicted octanol–water partition coefficient (Wildman–Crippen LogP) is 3.00. The van der Waals surface area contributed by atoms with Crippen molar-refractivity contribution in [3.63, 3.8) is 0 Å². The van der Waals surface area contributed by atoms with Gasteiger partial charge in [0.25, 0.3) is 0 Å². The topological polar surface area (TPSA) is 0 Å². The summed E-state index contributed by atoms with van der Waals surface area (Å²) < 4.78 is 0. The Morgan fingerprint density at radius 1 is 1.25 bits per heavy atom. The lowest BCUT2D eigenvalue weighted by Crippen LogP contribution is -1.80. The van der Waals surface area contributed by atoms with Gasteiger partial charge in [0, 0.05) is 0 Å².